The van der Waals surface area contributed by atoms with Crippen LogP contribution in [-0.2, 0) is 13.6 Å². The molecule has 10 heteroatoms. The zero-order chi connectivity index (χ0) is 14.8. The fourth-order valence-electron chi connectivity index (χ4n) is 1.82. The van der Waals surface area contributed by atoms with E-state index >= 15 is 0 Å². The molecule has 0 fully saturated rings. The number of aryl methyl sites for hydroxylation is 1. The number of nitrogens with one attached hydrogen (secondary N) is 1. The standard InChI is InChI=1S/C11H12N8O2/c1-18-6-7(14-17-18)10(20)13-5-8-15-16-9-11(21-2)12-3-4-19(8)9/h3-4,6H,5H2,1-2H3,(H,13,20). The van der Waals surface area contributed by atoms with Crippen LogP contribution in [0.5, 0.6) is 5.88 Å². The third-order valence-corrected chi connectivity index (χ3v) is 2.80. The second-order valence-corrected chi connectivity index (χ2v) is 4.21. The summed E-state index contributed by atoms with van der Waals surface area (Å²) in [6.45, 7) is 0.198. The SMILES string of the molecule is COc1nccn2c(CNC(=O)c3cn(C)nn3)nnc12. The van der Waals surface area contributed by atoms with E-state index in [0.717, 1.165) is 0 Å². The molecule has 3 rings (SSSR count). The molecule has 3 aromatic rings. The lowest BCUT2D eigenvalue weighted by Crippen LogP contribution is -2.24. The Kier molecular flexibility index (Phi) is 3.18. The summed E-state index contributed by atoms with van der Waals surface area (Å²) in [5.74, 6) is 0.598. The smallest absolute Gasteiger partial charge is 0.273 e. The summed E-state index contributed by atoms with van der Waals surface area (Å²) >= 11 is 0. The zero-order valence-corrected chi connectivity index (χ0v) is 11.4. The Bertz CT molecular complexity index is 792. The number of nitrogens with zero attached hydrogens (tertiary/aromatic N) is 7. The Morgan fingerprint density at radius 2 is 2.24 bits per heavy atom. The molecule has 0 atom stereocenters. The van der Waals surface area contributed by atoms with E-state index in [1.807, 2.05) is 0 Å². The predicted octanol–water partition coefficient (Wildman–Crippen LogP) is -0.809. The highest BCUT2D eigenvalue weighted by molar-refractivity contribution is 5.91. The van der Waals surface area contributed by atoms with Crippen molar-refractivity contribution in [2.45, 2.75) is 6.54 Å². The summed E-state index contributed by atoms with van der Waals surface area (Å²) in [6, 6.07) is 0. The van der Waals surface area contributed by atoms with Crippen LogP contribution in [0.15, 0.2) is 18.6 Å². The lowest BCUT2D eigenvalue weighted by atomic mass is 10.4. The summed E-state index contributed by atoms with van der Waals surface area (Å²) < 4.78 is 8.25. The number of hydrogen-bond acceptors (Lipinski definition) is 7. The van der Waals surface area contributed by atoms with Gasteiger partial charge in [-0.05, 0) is 0 Å². The Labute approximate surface area is 118 Å². The van der Waals surface area contributed by atoms with Crippen molar-refractivity contribution >= 4 is 11.6 Å². The van der Waals surface area contributed by atoms with Gasteiger partial charge in [0.25, 0.3) is 11.8 Å². The number of methoxy groups -OCH3 is 1. The maximum Gasteiger partial charge on any atom is 0.273 e. The Hall–Kier alpha value is -3.04. The van der Waals surface area contributed by atoms with E-state index < -0.39 is 0 Å². The first-order chi connectivity index (χ1) is 10.2. The van der Waals surface area contributed by atoms with Gasteiger partial charge < -0.3 is 10.1 Å². The molecule has 21 heavy (non-hydrogen) atoms. The molecule has 1 amide bonds. The summed E-state index contributed by atoms with van der Waals surface area (Å²) in [5, 5.41) is 18.1. The number of ether oxygens (including phenoxy) is 1. The first-order valence-corrected chi connectivity index (χ1v) is 6.06. The van der Waals surface area contributed by atoms with Crippen LogP contribution in [0.3, 0.4) is 0 Å². The van der Waals surface area contributed by atoms with Gasteiger partial charge in [0.2, 0.25) is 5.65 Å². The van der Waals surface area contributed by atoms with Gasteiger partial charge in [0.1, 0.15) is 0 Å². The van der Waals surface area contributed by atoms with E-state index in [9.17, 15) is 4.79 Å². The van der Waals surface area contributed by atoms with E-state index in [-0.39, 0.29) is 18.1 Å². The molecular formula is C11H12N8O2. The quantitative estimate of drug-likeness (QED) is 0.668. The molecule has 0 saturated heterocycles. The number of hydrogen-bond donors (Lipinski definition) is 1. The number of carbonyl (C=O) groups excluding carboxylic acids is 1. The summed E-state index contributed by atoms with van der Waals surface area (Å²) in [6.07, 6.45) is 4.80. The Morgan fingerprint density at radius 1 is 1.38 bits per heavy atom. The van der Waals surface area contributed by atoms with Gasteiger partial charge in [-0.3, -0.25) is 13.9 Å². The van der Waals surface area contributed by atoms with Crippen molar-refractivity contribution in [3.63, 3.8) is 0 Å². The minimum Gasteiger partial charge on any atom is -0.478 e. The normalized spacial score (nSPS) is 10.8. The third kappa shape index (κ3) is 2.38. The van der Waals surface area contributed by atoms with Crippen LogP contribution >= 0.6 is 0 Å². The van der Waals surface area contributed by atoms with Crippen molar-refractivity contribution < 1.29 is 9.53 Å². The molecule has 0 aliphatic heterocycles. The van der Waals surface area contributed by atoms with Crippen LogP contribution in [0.25, 0.3) is 5.65 Å². The Balaban J connectivity index is 1.78. The molecule has 3 heterocycles. The molecule has 0 spiro atoms. The number of amides is 1. The number of aromatic nitrogens is 7. The monoisotopic (exact) mass is 288 g/mol. The first-order valence-electron chi connectivity index (χ1n) is 6.06. The van der Waals surface area contributed by atoms with Crippen LogP contribution in [0.2, 0.25) is 0 Å². The lowest BCUT2D eigenvalue weighted by molar-refractivity contribution is 0.0944. The summed E-state index contributed by atoms with van der Waals surface area (Å²) in [4.78, 5) is 15.9. The van der Waals surface area contributed by atoms with Crippen LogP contribution in [-0.4, -0.2) is 47.6 Å². The molecule has 0 radical (unpaired) electrons. The maximum atomic E-state index is 11.9. The topological polar surface area (TPSA) is 112 Å². The van der Waals surface area contributed by atoms with Crippen molar-refractivity contribution in [3.05, 3.63) is 30.1 Å². The summed E-state index contributed by atoms with van der Waals surface area (Å²) in [7, 11) is 3.20. The Morgan fingerprint density at radius 3 is 2.95 bits per heavy atom. The molecule has 0 unspecified atom stereocenters. The number of rotatable bonds is 4. The van der Waals surface area contributed by atoms with Crippen molar-refractivity contribution in [1.82, 2.24) is 39.9 Å². The van der Waals surface area contributed by atoms with Crippen molar-refractivity contribution in [3.8, 4) is 5.88 Å². The van der Waals surface area contributed by atoms with Gasteiger partial charge in [-0.1, -0.05) is 5.21 Å². The second kappa shape index (κ2) is 5.15. The first kappa shape index (κ1) is 13.0. The van der Waals surface area contributed by atoms with Gasteiger partial charge >= 0.3 is 0 Å². The average molecular weight is 288 g/mol. The van der Waals surface area contributed by atoms with E-state index in [1.165, 1.54) is 18.0 Å². The van der Waals surface area contributed by atoms with Crippen molar-refractivity contribution in [2.75, 3.05) is 7.11 Å². The van der Waals surface area contributed by atoms with Gasteiger partial charge in [0, 0.05) is 19.4 Å². The minimum absolute atomic E-state index is 0.198. The van der Waals surface area contributed by atoms with Gasteiger partial charge in [-0.15, -0.1) is 15.3 Å². The largest absolute Gasteiger partial charge is 0.478 e. The molecule has 0 saturated carbocycles. The molecular weight excluding hydrogens is 276 g/mol. The van der Waals surface area contributed by atoms with Crippen LogP contribution in [0.4, 0.5) is 0 Å². The van der Waals surface area contributed by atoms with Crippen LogP contribution in [0.1, 0.15) is 16.3 Å². The molecule has 0 aromatic carbocycles. The molecule has 108 valence electrons. The number of fused-ring (bicyclic) bond motifs is 1. The lowest BCUT2D eigenvalue weighted by Gasteiger charge is -2.03. The highest BCUT2D eigenvalue weighted by Crippen LogP contribution is 2.13. The highest BCUT2D eigenvalue weighted by atomic mass is 16.5. The number of carbonyl (C=O) groups is 1. The van der Waals surface area contributed by atoms with E-state index in [1.54, 1.807) is 23.8 Å². The van der Waals surface area contributed by atoms with Crippen molar-refractivity contribution in [1.29, 1.82) is 0 Å². The average Bonchev–Trinajstić information content (AvgIpc) is 3.10. The molecule has 1 N–H and O–H groups in total. The predicted molar refractivity (Wildman–Crippen MR) is 69.5 cm³/mol. The zero-order valence-electron chi connectivity index (χ0n) is 11.4. The molecule has 0 aliphatic rings. The minimum atomic E-state index is -0.333. The van der Waals surface area contributed by atoms with Gasteiger partial charge in [0.15, 0.2) is 11.5 Å². The van der Waals surface area contributed by atoms with Crippen LogP contribution < -0.4 is 10.1 Å². The molecule has 0 aliphatic carbocycles. The maximum absolute atomic E-state index is 11.9. The highest BCUT2D eigenvalue weighted by Gasteiger charge is 2.13. The van der Waals surface area contributed by atoms with E-state index in [0.29, 0.717) is 17.4 Å². The fraction of sp³-hybridized carbons (Fsp3) is 0.273. The third-order valence-electron chi connectivity index (χ3n) is 2.80. The van der Waals surface area contributed by atoms with Gasteiger partial charge in [0.05, 0.1) is 19.9 Å². The molecule has 3 aromatic heterocycles. The molecule has 10 nitrogen and oxygen atoms in total. The second-order valence-electron chi connectivity index (χ2n) is 4.21. The fourth-order valence-corrected chi connectivity index (χ4v) is 1.82. The van der Waals surface area contributed by atoms with E-state index in [2.05, 4.69) is 30.8 Å². The van der Waals surface area contributed by atoms with E-state index in [4.69, 9.17) is 4.74 Å². The molecule has 0 bridgehead atoms. The summed E-state index contributed by atoms with van der Waals surface area (Å²) in [5.41, 5.74) is 0.731. The van der Waals surface area contributed by atoms with Gasteiger partial charge in [-0.2, -0.15) is 0 Å². The van der Waals surface area contributed by atoms with Crippen molar-refractivity contribution in [2.24, 2.45) is 7.05 Å². The van der Waals surface area contributed by atoms with Gasteiger partial charge in [-0.25, -0.2) is 4.98 Å². The van der Waals surface area contributed by atoms with Crippen LogP contribution in [0, 0.1) is 0 Å².